The smallest absolute Gasteiger partial charge is 0.424 e. The number of halogens is 3. The zero-order valence-corrected chi connectivity index (χ0v) is 11.8. The first-order chi connectivity index (χ1) is 10.5. The molecule has 0 fully saturated rings. The summed E-state index contributed by atoms with van der Waals surface area (Å²) in [5.41, 5.74) is 0.0596. The second-order valence-corrected chi connectivity index (χ2v) is 4.44. The van der Waals surface area contributed by atoms with E-state index in [1.807, 2.05) is 0 Å². The van der Waals surface area contributed by atoms with E-state index in [-0.39, 0.29) is 0 Å². The van der Waals surface area contributed by atoms with E-state index in [2.05, 4.69) is 11.8 Å². The van der Waals surface area contributed by atoms with Gasteiger partial charge < -0.3 is 4.74 Å². The predicted molar refractivity (Wildman–Crippen MR) is 80.3 cm³/mol. The number of alkyl halides is 3. The van der Waals surface area contributed by atoms with Crippen molar-refractivity contribution < 1.29 is 17.9 Å². The molecular weight excluding hydrogens is 289 g/mol. The number of hydrogen-bond acceptors (Lipinski definition) is 1. The van der Waals surface area contributed by atoms with Crippen molar-refractivity contribution in [2.75, 3.05) is 7.11 Å². The van der Waals surface area contributed by atoms with Crippen molar-refractivity contribution in [2.24, 2.45) is 0 Å². The van der Waals surface area contributed by atoms with Crippen LogP contribution in [0.15, 0.2) is 60.2 Å². The van der Waals surface area contributed by atoms with Gasteiger partial charge in [-0.1, -0.05) is 42.2 Å². The summed E-state index contributed by atoms with van der Waals surface area (Å²) in [6, 6.07) is 14.9. The Balaban J connectivity index is 2.34. The topological polar surface area (TPSA) is 9.23 Å². The molecule has 2 aromatic carbocycles. The van der Waals surface area contributed by atoms with Gasteiger partial charge in [-0.2, -0.15) is 13.2 Å². The van der Waals surface area contributed by atoms with Gasteiger partial charge in [0, 0.05) is 5.56 Å². The van der Waals surface area contributed by atoms with Gasteiger partial charge in [-0.15, -0.1) is 0 Å². The van der Waals surface area contributed by atoms with Crippen LogP contribution in [0.5, 0.6) is 5.75 Å². The van der Waals surface area contributed by atoms with Gasteiger partial charge in [-0.3, -0.25) is 0 Å². The minimum absolute atomic E-state index is 0.412. The molecule has 22 heavy (non-hydrogen) atoms. The Hall–Kier alpha value is -2.67. The molecule has 0 spiro atoms. The number of benzene rings is 2. The summed E-state index contributed by atoms with van der Waals surface area (Å²) in [6.07, 6.45) is -3.48. The zero-order chi connectivity index (χ0) is 16.0. The lowest BCUT2D eigenvalue weighted by Gasteiger charge is -2.06. The Morgan fingerprint density at radius 3 is 2.18 bits per heavy atom. The molecule has 0 N–H and O–H groups in total. The number of hydrogen-bond donors (Lipinski definition) is 0. The lowest BCUT2D eigenvalue weighted by atomic mass is 10.1. The maximum absolute atomic E-state index is 13.1. The van der Waals surface area contributed by atoms with E-state index in [1.54, 1.807) is 54.6 Å². The molecule has 0 atom stereocenters. The molecule has 112 valence electrons. The minimum Gasteiger partial charge on any atom is -0.497 e. The summed E-state index contributed by atoms with van der Waals surface area (Å²) in [4.78, 5) is 0. The molecule has 0 aliphatic heterocycles. The average Bonchev–Trinajstić information content (AvgIpc) is 2.52. The molecule has 4 heteroatoms. The molecule has 0 aromatic heterocycles. The fourth-order valence-corrected chi connectivity index (χ4v) is 1.72. The molecule has 1 nitrogen and oxygen atoms in total. The highest BCUT2D eigenvalue weighted by Crippen LogP contribution is 2.27. The first kappa shape index (κ1) is 15.7. The Morgan fingerprint density at radius 2 is 1.64 bits per heavy atom. The van der Waals surface area contributed by atoms with Crippen molar-refractivity contribution in [3.63, 3.8) is 0 Å². The fourth-order valence-electron chi connectivity index (χ4n) is 1.72. The molecule has 0 unspecified atom stereocenters. The Morgan fingerprint density at radius 1 is 1.00 bits per heavy atom. The molecule has 0 saturated heterocycles. The van der Waals surface area contributed by atoms with Crippen LogP contribution in [0.4, 0.5) is 13.2 Å². The summed E-state index contributed by atoms with van der Waals surface area (Å²) < 4.78 is 44.2. The lowest BCUT2D eigenvalue weighted by molar-refractivity contribution is -0.0863. The molecule has 0 aliphatic rings. The Labute approximate surface area is 127 Å². The van der Waals surface area contributed by atoms with Crippen molar-refractivity contribution in [3.8, 4) is 17.6 Å². The van der Waals surface area contributed by atoms with Crippen molar-refractivity contribution >= 4 is 6.08 Å². The molecule has 0 aliphatic carbocycles. The fraction of sp³-hybridized carbons (Fsp3) is 0.111. The van der Waals surface area contributed by atoms with Gasteiger partial charge in [-0.25, -0.2) is 0 Å². The van der Waals surface area contributed by atoms with Crippen molar-refractivity contribution in [2.45, 2.75) is 6.18 Å². The Bertz CT molecular complexity index is 702. The first-order valence-corrected chi connectivity index (χ1v) is 6.49. The number of ether oxygens (including phenoxy) is 1. The molecule has 0 heterocycles. The zero-order valence-electron chi connectivity index (χ0n) is 11.8. The van der Waals surface area contributed by atoms with Crippen LogP contribution in [0.3, 0.4) is 0 Å². The third-order valence-corrected chi connectivity index (χ3v) is 2.85. The van der Waals surface area contributed by atoms with Crippen LogP contribution in [0.2, 0.25) is 0 Å². The highest BCUT2D eigenvalue weighted by molar-refractivity contribution is 5.61. The van der Waals surface area contributed by atoms with E-state index < -0.39 is 11.7 Å². The molecule has 2 aromatic rings. The summed E-state index contributed by atoms with van der Waals surface area (Å²) in [5.74, 6) is 5.32. The predicted octanol–water partition coefficient (Wildman–Crippen LogP) is 4.69. The lowest BCUT2D eigenvalue weighted by Crippen LogP contribution is -2.10. The third-order valence-electron chi connectivity index (χ3n) is 2.85. The second-order valence-electron chi connectivity index (χ2n) is 4.44. The van der Waals surface area contributed by atoms with Gasteiger partial charge in [0.15, 0.2) is 0 Å². The molecule has 2 rings (SSSR count). The van der Waals surface area contributed by atoms with E-state index >= 15 is 0 Å². The van der Waals surface area contributed by atoms with Crippen molar-refractivity contribution in [1.82, 2.24) is 0 Å². The van der Waals surface area contributed by atoms with Crippen LogP contribution in [0.25, 0.3) is 6.08 Å². The van der Waals surface area contributed by atoms with Crippen LogP contribution >= 0.6 is 0 Å². The summed E-state index contributed by atoms with van der Waals surface area (Å²) in [7, 11) is 1.50. The highest BCUT2D eigenvalue weighted by atomic mass is 19.4. The van der Waals surface area contributed by atoms with Gasteiger partial charge in [0.25, 0.3) is 0 Å². The molecular formula is C18H13F3O. The standard InChI is InChI=1S/C18H13F3O/c1-22-17-11-8-15(9-12-17)13-16(18(19,20)21)10-7-14-5-3-2-4-6-14/h2-6,8-9,11-13H,1H3/b16-13-. The van der Waals surface area contributed by atoms with Gasteiger partial charge in [0.05, 0.1) is 7.11 Å². The van der Waals surface area contributed by atoms with E-state index in [0.717, 1.165) is 6.08 Å². The molecule has 0 bridgehead atoms. The molecule has 0 saturated carbocycles. The summed E-state index contributed by atoms with van der Waals surface area (Å²) in [6.45, 7) is 0. The SMILES string of the molecule is COc1ccc(/C=C(/C#Cc2ccccc2)C(F)(F)F)cc1. The number of methoxy groups -OCH3 is 1. The van der Waals surface area contributed by atoms with Crippen LogP contribution in [0.1, 0.15) is 11.1 Å². The van der Waals surface area contributed by atoms with Crippen LogP contribution in [-0.4, -0.2) is 13.3 Å². The maximum atomic E-state index is 13.1. The normalized spacial score (nSPS) is 11.5. The second kappa shape index (κ2) is 6.86. The number of allylic oxidation sites excluding steroid dienone is 1. The summed E-state index contributed by atoms with van der Waals surface area (Å²) in [5, 5.41) is 0. The monoisotopic (exact) mass is 302 g/mol. The highest BCUT2D eigenvalue weighted by Gasteiger charge is 2.32. The van der Waals surface area contributed by atoms with Gasteiger partial charge >= 0.3 is 6.18 Å². The Kier molecular flexibility index (Phi) is 4.90. The van der Waals surface area contributed by atoms with Crippen LogP contribution < -0.4 is 4.74 Å². The van der Waals surface area contributed by atoms with Gasteiger partial charge in [0.1, 0.15) is 11.3 Å². The van der Waals surface area contributed by atoms with Crippen LogP contribution in [-0.2, 0) is 0 Å². The average molecular weight is 302 g/mol. The van der Waals surface area contributed by atoms with Gasteiger partial charge in [-0.05, 0) is 35.9 Å². The summed E-state index contributed by atoms with van der Waals surface area (Å²) >= 11 is 0. The van der Waals surface area contributed by atoms with Crippen molar-refractivity contribution in [1.29, 1.82) is 0 Å². The van der Waals surface area contributed by atoms with Gasteiger partial charge in [0.2, 0.25) is 0 Å². The van der Waals surface area contributed by atoms with E-state index in [9.17, 15) is 13.2 Å². The number of rotatable bonds is 2. The largest absolute Gasteiger partial charge is 0.497 e. The van der Waals surface area contributed by atoms with Crippen molar-refractivity contribution in [3.05, 3.63) is 71.3 Å². The van der Waals surface area contributed by atoms with Crippen LogP contribution in [0, 0.1) is 11.8 Å². The molecule has 0 radical (unpaired) electrons. The first-order valence-electron chi connectivity index (χ1n) is 6.49. The minimum atomic E-state index is -4.50. The van der Waals surface area contributed by atoms with E-state index in [0.29, 0.717) is 16.9 Å². The quantitative estimate of drug-likeness (QED) is 0.731. The third kappa shape index (κ3) is 4.42. The van der Waals surface area contributed by atoms with E-state index in [4.69, 9.17) is 4.74 Å². The maximum Gasteiger partial charge on any atom is 0.424 e. The molecule has 0 amide bonds. The van der Waals surface area contributed by atoms with E-state index in [1.165, 1.54) is 7.11 Å².